The molecule has 0 radical (unpaired) electrons. The van der Waals surface area contributed by atoms with Gasteiger partial charge in [-0.3, -0.25) is 0 Å². The molecule has 0 fully saturated rings. The number of rotatable bonds is 3. The Morgan fingerprint density at radius 3 is 2.20 bits per heavy atom. The van der Waals surface area contributed by atoms with Gasteiger partial charge in [0.15, 0.2) is 0 Å². The molecule has 0 aromatic heterocycles. The number of fused-ring (bicyclic) bond motifs is 4. The van der Waals surface area contributed by atoms with Crippen molar-refractivity contribution in [3.8, 4) is 33.4 Å². The third-order valence-corrected chi connectivity index (χ3v) is 9.59. The van der Waals surface area contributed by atoms with Crippen LogP contribution in [-0.2, 0) is 5.41 Å². The zero-order valence-electron chi connectivity index (χ0n) is 23.3. The Kier molecular flexibility index (Phi) is 6.10. The molecule has 0 atom stereocenters. The lowest BCUT2D eigenvalue weighted by Crippen LogP contribution is -2.14. The third kappa shape index (κ3) is 4.36. The highest BCUT2D eigenvalue weighted by Crippen LogP contribution is 2.50. The topological polar surface area (TPSA) is 26.0 Å². The molecular formula is C39H31NS. The van der Waals surface area contributed by atoms with Crippen LogP contribution in [0.2, 0.25) is 0 Å². The first-order chi connectivity index (χ1) is 19.9. The molecule has 0 unspecified atom stereocenters. The maximum atomic E-state index is 6.60. The minimum Gasteiger partial charge on any atom is -0.398 e. The quantitative estimate of drug-likeness (QED) is 0.228. The number of nitrogens with two attached hydrogens (primary N) is 1. The Morgan fingerprint density at radius 1 is 0.610 bits per heavy atom. The summed E-state index contributed by atoms with van der Waals surface area (Å²) in [5.41, 5.74) is 20.7. The van der Waals surface area contributed by atoms with Crippen molar-refractivity contribution < 1.29 is 0 Å². The Balaban J connectivity index is 1.27. The van der Waals surface area contributed by atoms with Gasteiger partial charge in [0.05, 0.1) is 0 Å². The van der Waals surface area contributed by atoms with Crippen LogP contribution in [-0.4, -0.2) is 0 Å². The molecule has 1 nitrogen and oxygen atoms in total. The minimum atomic E-state index is -0.0505. The first kappa shape index (κ1) is 25.4. The van der Waals surface area contributed by atoms with E-state index in [1.54, 1.807) is 11.8 Å². The van der Waals surface area contributed by atoms with E-state index in [1.165, 1.54) is 48.7 Å². The van der Waals surface area contributed by atoms with Gasteiger partial charge in [0.1, 0.15) is 0 Å². The molecule has 0 saturated heterocycles. The van der Waals surface area contributed by atoms with Crippen LogP contribution in [0.25, 0.3) is 43.9 Å². The van der Waals surface area contributed by atoms with E-state index >= 15 is 0 Å². The molecule has 0 spiro atoms. The van der Waals surface area contributed by atoms with Crippen LogP contribution in [0.5, 0.6) is 0 Å². The van der Waals surface area contributed by atoms with Gasteiger partial charge < -0.3 is 5.73 Å². The fraction of sp³-hybridized carbons (Fsp3) is 0.0769. The maximum absolute atomic E-state index is 6.60. The van der Waals surface area contributed by atoms with Crippen LogP contribution in [0.1, 0.15) is 36.1 Å². The van der Waals surface area contributed by atoms with Gasteiger partial charge >= 0.3 is 0 Å². The van der Waals surface area contributed by atoms with Crippen LogP contribution >= 0.6 is 11.8 Å². The molecule has 41 heavy (non-hydrogen) atoms. The highest BCUT2D eigenvalue weighted by atomic mass is 32.2. The average molecular weight is 546 g/mol. The van der Waals surface area contributed by atoms with Gasteiger partial charge in [-0.1, -0.05) is 123 Å². The third-order valence-electron chi connectivity index (χ3n) is 8.43. The van der Waals surface area contributed by atoms with Crippen molar-refractivity contribution in [2.45, 2.75) is 24.2 Å². The summed E-state index contributed by atoms with van der Waals surface area (Å²) in [5, 5.41) is 0. The Hall–Kier alpha value is -4.53. The molecule has 1 aliphatic carbocycles. The summed E-state index contributed by atoms with van der Waals surface area (Å²) in [6.45, 7) is 8.88. The van der Waals surface area contributed by atoms with Gasteiger partial charge in [-0.05, 0) is 92.1 Å². The summed E-state index contributed by atoms with van der Waals surface area (Å²) >= 11 is 1.79. The van der Waals surface area contributed by atoms with E-state index < -0.39 is 0 Å². The van der Waals surface area contributed by atoms with E-state index in [1.807, 2.05) is 6.07 Å². The summed E-state index contributed by atoms with van der Waals surface area (Å²) < 4.78 is 0. The number of hydrogen-bond acceptors (Lipinski definition) is 2. The largest absolute Gasteiger partial charge is 0.398 e. The second-order valence-electron chi connectivity index (χ2n) is 11.3. The molecule has 2 N–H and O–H groups in total. The molecule has 198 valence electrons. The van der Waals surface area contributed by atoms with E-state index in [0.717, 1.165) is 28.0 Å². The highest BCUT2D eigenvalue weighted by Gasteiger charge is 2.35. The average Bonchev–Trinajstić information content (AvgIpc) is 3.22. The lowest BCUT2D eigenvalue weighted by molar-refractivity contribution is 0.660. The number of hydrogen-bond donors (Lipinski definition) is 1. The van der Waals surface area contributed by atoms with Crippen LogP contribution in [0, 0.1) is 0 Å². The molecule has 2 heteroatoms. The lowest BCUT2D eigenvalue weighted by Gasteiger charge is -2.22. The van der Waals surface area contributed by atoms with Gasteiger partial charge in [0.25, 0.3) is 0 Å². The molecule has 7 rings (SSSR count). The number of benzene rings is 5. The summed E-state index contributed by atoms with van der Waals surface area (Å²) in [6, 6.07) is 39.3. The number of allylic oxidation sites excluding steroid dienone is 4. The van der Waals surface area contributed by atoms with Crippen molar-refractivity contribution >= 4 is 27.9 Å². The van der Waals surface area contributed by atoms with E-state index in [4.69, 9.17) is 5.73 Å². The minimum absolute atomic E-state index is 0.0505. The van der Waals surface area contributed by atoms with E-state index in [0.29, 0.717) is 0 Å². The lowest BCUT2D eigenvalue weighted by atomic mass is 9.81. The zero-order chi connectivity index (χ0) is 28.1. The molecule has 5 aromatic rings. The van der Waals surface area contributed by atoms with Crippen molar-refractivity contribution in [1.29, 1.82) is 0 Å². The van der Waals surface area contributed by atoms with E-state index in [9.17, 15) is 0 Å². The Morgan fingerprint density at radius 2 is 1.32 bits per heavy atom. The van der Waals surface area contributed by atoms with Crippen molar-refractivity contribution in [3.05, 3.63) is 156 Å². The number of nitrogen functional groups attached to an aromatic ring is 1. The van der Waals surface area contributed by atoms with Gasteiger partial charge in [-0.25, -0.2) is 0 Å². The smallest absolute Gasteiger partial charge is 0.0394 e. The molecule has 5 aromatic carbocycles. The number of thioether (sulfide) groups is 1. The van der Waals surface area contributed by atoms with Gasteiger partial charge in [-0.15, -0.1) is 0 Å². The predicted molar refractivity (Wildman–Crippen MR) is 178 cm³/mol. The van der Waals surface area contributed by atoms with E-state index in [2.05, 4.69) is 142 Å². The fourth-order valence-corrected chi connectivity index (χ4v) is 7.26. The first-order valence-corrected chi connectivity index (χ1v) is 14.8. The van der Waals surface area contributed by atoms with Gasteiger partial charge in [-0.2, -0.15) is 0 Å². The van der Waals surface area contributed by atoms with Crippen molar-refractivity contribution in [2.24, 2.45) is 0 Å². The fourth-order valence-electron chi connectivity index (χ4n) is 6.18. The van der Waals surface area contributed by atoms with Crippen LogP contribution in [0.3, 0.4) is 0 Å². The van der Waals surface area contributed by atoms with Crippen molar-refractivity contribution in [3.63, 3.8) is 0 Å². The maximum Gasteiger partial charge on any atom is 0.0394 e. The summed E-state index contributed by atoms with van der Waals surface area (Å²) in [7, 11) is 0. The second kappa shape index (κ2) is 9.83. The summed E-state index contributed by atoms with van der Waals surface area (Å²) in [5.74, 6) is 0. The van der Waals surface area contributed by atoms with Gasteiger partial charge in [0.2, 0.25) is 0 Å². The van der Waals surface area contributed by atoms with Gasteiger partial charge in [0, 0.05) is 26.5 Å². The summed E-state index contributed by atoms with van der Waals surface area (Å²) in [6.07, 6.45) is 6.37. The highest BCUT2D eigenvalue weighted by molar-refractivity contribution is 8.08. The molecule has 0 amide bonds. The second-order valence-corrected chi connectivity index (χ2v) is 12.4. The molecule has 2 aliphatic rings. The Labute approximate surface area is 246 Å². The standard InChI is InChI=1S/C39H31NS/c1-25-10-8-17-37(41-38-16-7-5-13-30(25)38)29-12-9-11-26(22-29)27-19-21-36(40)33(23-27)28-18-20-32-31-14-4-6-15-34(31)39(2,3)35(32)24-28/h4-24H,1,40H2,2-3H3/b10-8-,37-17-. The predicted octanol–water partition coefficient (Wildman–Crippen LogP) is 10.6. The molecule has 1 heterocycles. The van der Waals surface area contributed by atoms with Crippen LogP contribution in [0.15, 0.2) is 139 Å². The molecule has 0 saturated carbocycles. The zero-order valence-corrected chi connectivity index (χ0v) is 24.1. The monoisotopic (exact) mass is 545 g/mol. The van der Waals surface area contributed by atoms with Crippen LogP contribution in [0.4, 0.5) is 5.69 Å². The van der Waals surface area contributed by atoms with Crippen molar-refractivity contribution in [2.75, 3.05) is 5.73 Å². The molecular weight excluding hydrogens is 515 g/mol. The van der Waals surface area contributed by atoms with Crippen LogP contribution < -0.4 is 5.73 Å². The van der Waals surface area contributed by atoms with Crippen molar-refractivity contribution in [1.82, 2.24) is 0 Å². The SMILES string of the molecule is C=C1/C=C\C=C(\c2cccc(-c3ccc(N)c(-c4ccc5c(c4)C(C)(C)c4ccccc4-5)c3)c2)Sc2ccccc21. The summed E-state index contributed by atoms with van der Waals surface area (Å²) in [4.78, 5) is 2.43. The number of anilines is 1. The molecule has 0 bridgehead atoms. The first-order valence-electron chi connectivity index (χ1n) is 14.0. The van der Waals surface area contributed by atoms with E-state index in [-0.39, 0.29) is 5.41 Å². The Bertz CT molecular complexity index is 1920. The molecule has 1 aliphatic heterocycles. The normalized spacial score (nSPS) is 16.9.